The van der Waals surface area contributed by atoms with Gasteiger partial charge < -0.3 is 15.9 Å². The van der Waals surface area contributed by atoms with Crippen molar-refractivity contribution in [3.63, 3.8) is 0 Å². The van der Waals surface area contributed by atoms with Gasteiger partial charge in [-0.15, -0.1) is 0 Å². The lowest BCUT2D eigenvalue weighted by atomic mass is 10.0. The molecule has 0 bridgehead atoms. The minimum atomic E-state index is -0.803. The van der Waals surface area contributed by atoms with Crippen molar-refractivity contribution in [2.24, 2.45) is 11.5 Å². The third-order valence-corrected chi connectivity index (χ3v) is 3.74. The van der Waals surface area contributed by atoms with Gasteiger partial charge in [0.05, 0.1) is 11.1 Å². The normalized spacial score (nSPS) is 11.0. The smallest absolute Gasteiger partial charge is 0.251 e. The monoisotopic (exact) mass is 311 g/mol. The van der Waals surface area contributed by atoms with Crippen LogP contribution in [-0.4, -0.2) is 16.8 Å². The molecule has 3 rings (SSSR count). The van der Waals surface area contributed by atoms with E-state index >= 15 is 0 Å². The van der Waals surface area contributed by atoms with E-state index in [2.05, 4.69) is 4.98 Å². The zero-order valence-corrected chi connectivity index (χ0v) is 12.5. The van der Waals surface area contributed by atoms with Crippen molar-refractivity contribution in [2.45, 2.75) is 13.8 Å². The first-order chi connectivity index (χ1) is 10.8. The molecule has 0 saturated carbocycles. The number of carbonyl (C=O) groups excluding carboxylic acids is 2. The second-order valence-electron chi connectivity index (χ2n) is 5.28. The van der Waals surface area contributed by atoms with Crippen LogP contribution in [0.4, 0.5) is 0 Å². The van der Waals surface area contributed by atoms with Crippen LogP contribution in [0.2, 0.25) is 0 Å². The van der Waals surface area contributed by atoms with Crippen molar-refractivity contribution in [3.8, 4) is 11.5 Å². The summed E-state index contributed by atoms with van der Waals surface area (Å²) in [5.74, 6) is -1.30. The summed E-state index contributed by atoms with van der Waals surface area (Å²) < 4.78 is 5.79. The van der Waals surface area contributed by atoms with E-state index in [1.54, 1.807) is 19.9 Å². The van der Waals surface area contributed by atoms with E-state index in [1.807, 2.05) is 0 Å². The number of aryl methyl sites for hydroxylation is 1. The fraction of sp³-hybridized carbons (Fsp3) is 0.125. The molecule has 1 aliphatic carbocycles. The minimum Gasteiger partial charge on any atom is -0.452 e. The maximum atomic E-state index is 12.0. The highest BCUT2D eigenvalue weighted by Gasteiger charge is 2.24. The predicted octanol–water partition coefficient (Wildman–Crippen LogP) is 1.11. The fourth-order valence-corrected chi connectivity index (χ4v) is 2.47. The van der Waals surface area contributed by atoms with Crippen LogP contribution in [0.1, 0.15) is 31.8 Å². The molecule has 0 atom stereocenters. The lowest BCUT2D eigenvalue weighted by Crippen LogP contribution is -2.20. The third-order valence-electron chi connectivity index (χ3n) is 3.74. The number of hydrogen-bond acceptors (Lipinski definition) is 5. The zero-order valence-electron chi connectivity index (χ0n) is 12.5. The Kier molecular flexibility index (Phi) is 3.14. The SMILES string of the molecule is Cc1c2oc3c(C)ccc(C(N)=O)c3nc-2c(C(N)=O)cc1=O. The molecule has 0 fully saturated rings. The molecule has 0 radical (unpaired) electrons. The van der Waals surface area contributed by atoms with Crippen LogP contribution in [0.25, 0.3) is 22.6 Å². The average Bonchev–Trinajstić information content (AvgIpc) is 2.49. The van der Waals surface area contributed by atoms with Gasteiger partial charge in [0, 0.05) is 11.6 Å². The van der Waals surface area contributed by atoms with Crippen molar-refractivity contribution >= 4 is 22.9 Å². The van der Waals surface area contributed by atoms with Gasteiger partial charge in [0.15, 0.2) is 16.8 Å². The Morgan fingerprint density at radius 2 is 1.74 bits per heavy atom. The van der Waals surface area contributed by atoms with Crippen LogP contribution in [0.15, 0.2) is 27.4 Å². The Morgan fingerprint density at radius 1 is 1.09 bits per heavy atom. The molecule has 7 heteroatoms. The molecule has 7 nitrogen and oxygen atoms in total. The first-order valence-electron chi connectivity index (χ1n) is 6.78. The molecular weight excluding hydrogens is 298 g/mol. The number of nitrogens with two attached hydrogens (primary N) is 2. The van der Waals surface area contributed by atoms with Gasteiger partial charge in [-0.25, -0.2) is 4.98 Å². The van der Waals surface area contributed by atoms with Crippen molar-refractivity contribution in [2.75, 3.05) is 0 Å². The summed E-state index contributed by atoms with van der Waals surface area (Å²) in [6.45, 7) is 3.34. The van der Waals surface area contributed by atoms with E-state index in [-0.39, 0.29) is 33.5 Å². The molecule has 2 aliphatic rings. The maximum Gasteiger partial charge on any atom is 0.251 e. The van der Waals surface area contributed by atoms with Crippen molar-refractivity contribution in [1.29, 1.82) is 0 Å². The van der Waals surface area contributed by atoms with Gasteiger partial charge in [-0.3, -0.25) is 14.4 Å². The van der Waals surface area contributed by atoms with Gasteiger partial charge in [0.1, 0.15) is 11.2 Å². The first kappa shape index (κ1) is 14.7. The molecule has 0 spiro atoms. The fourth-order valence-electron chi connectivity index (χ4n) is 2.47. The van der Waals surface area contributed by atoms with Gasteiger partial charge in [0.25, 0.3) is 11.8 Å². The van der Waals surface area contributed by atoms with Crippen LogP contribution >= 0.6 is 0 Å². The van der Waals surface area contributed by atoms with E-state index in [1.165, 1.54) is 6.07 Å². The van der Waals surface area contributed by atoms with E-state index in [0.717, 1.165) is 11.6 Å². The van der Waals surface area contributed by atoms with E-state index in [9.17, 15) is 14.4 Å². The van der Waals surface area contributed by atoms with Gasteiger partial charge in [-0.1, -0.05) is 6.07 Å². The molecule has 0 unspecified atom stereocenters. The zero-order chi connectivity index (χ0) is 16.9. The molecule has 1 aliphatic heterocycles. The second kappa shape index (κ2) is 4.91. The minimum absolute atomic E-state index is 0.0572. The molecule has 1 aromatic rings. The summed E-state index contributed by atoms with van der Waals surface area (Å²) in [6, 6.07) is 4.33. The first-order valence-corrected chi connectivity index (χ1v) is 6.78. The highest BCUT2D eigenvalue weighted by molar-refractivity contribution is 6.06. The summed E-state index contributed by atoms with van der Waals surface area (Å²) in [6.07, 6.45) is 0. The number of rotatable bonds is 2. The Hall–Kier alpha value is -3.22. The molecule has 116 valence electrons. The Morgan fingerprint density at radius 3 is 2.35 bits per heavy atom. The number of hydrogen-bond donors (Lipinski definition) is 2. The lowest BCUT2D eigenvalue weighted by molar-refractivity contribution is 0.0993. The van der Waals surface area contributed by atoms with Crippen molar-refractivity contribution in [1.82, 2.24) is 4.98 Å². The van der Waals surface area contributed by atoms with Crippen molar-refractivity contribution < 1.29 is 14.0 Å². The van der Waals surface area contributed by atoms with E-state index < -0.39 is 11.8 Å². The van der Waals surface area contributed by atoms with E-state index in [4.69, 9.17) is 15.9 Å². The number of carbonyl (C=O) groups is 2. The van der Waals surface area contributed by atoms with Gasteiger partial charge >= 0.3 is 0 Å². The molecule has 2 amide bonds. The number of benzene rings is 2. The number of nitrogens with zero attached hydrogens (tertiary/aromatic N) is 1. The summed E-state index contributed by atoms with van der Waals surface area (Å²) in [5.41, 5.74) is 12.1. The highest BCUT2D eigenvalue weighted by atomic mass is 16.3. The predicted molar refractivity (Wildman–Crippen MR) is 83.4 cm³/mol. The summed E-state index contributed by atoms with van der Waals surface area (Å²) in [5, 5.41) is 0. The average molecular weight is 311 g/mol. The van der Waals surface area contributed by atoms with Crippen LogP contribution in [-0.2, 0) is 0 Å². The maximum absolute atomic E-state index is 12.0. The largest absolute Gasteiger partial charge is 0.452 e. The molecule has 0 saturated heterocycles. The van der Waals surface area contributed by atoms with Crippen molar-refractivity contribution in [3.05, 3.63) is 50.7 Å². The Balaban J connectivity index is 2.60. The second-order valence-corrected chi connectivity index (χ2v) is 5.28. The third kappa shape index (κ3) is 2.13. The highest BCUT2D eigenvalue weighted by Crippen LogP contribution is 2.31. The molecule has 0 aromatic heterocycles. The molecule has 4 N–H and O–H groups in total. The number of amides is 2. The topological polar surface area (TPSA) is 129 Å². The molecule has 1 heterocycles. The van der Waals surface area contributed by atoms with E-state index in [0.29, 0.717) is 11.1 Å². The number of primary amides is 2. The van der Waals surface area contributed by atoms with Gasteiger partial charge in [0.2, 0.25) is 0 Å². The van der Waals surface area contributed by atoms with Crippen LogP contribution in [0.3, 0.4) is 0 Å². The summed E-state index contributed by atoms with van der Waals surface area (Å²) in [7, 11) is 0. The van der Waals surface area contributed by atoms with Crippen LogP contribution in [0, 0.1) is 13.8 Å². The molecular formula is C16H13N3O4. The quantitative estimate of drug-likeness (QED) is 0.685. The number of aromatic nitrogens is 1. The summed E-state index contributed by atoms with van der Waals surface area (Å²) in [4.78, 5) is 39.5. The van der Waals surface area contributed by atoms with Gasteiger partial charge in [-0.05, 0) is 25.5 Å². The summed E-state index contributed by atoms with van der Waals surface area (Å²) >= 11 is 0. The Bertz CT molecular complexity index is 1020. The number of fused-ring (bicyclic) bond motifs is 2. The Labute approximate surface area is 130 Å². The molecule has 1 aromatic carbocycles. The molecule has 23 heavy (non-hydrogen) atoms. The van der Waals surface area contributed by atoms with Crippen LogP contribution < -0.4 is 16.9 Å². The lowest BCUT2D eigenvalue weighted by Gasteiger charge is -2.13. The standard InChI is InChI=1S/C16H13N3O4/c1-6-3-4-8(15(17)21)11-13(6)23-14-7(2)10(20)5-9(16(18)22)12(14)19-11/h3-5H,1-2H3,(H2,17,21)(H2,18,22). The van der Waals surface area contributed by atoms with Gasteiger partial charge in [-0.2, -0.15) is 0 Å². The van der Waals surface area contributed by atoms with Crippen LogP contribution in [0.5, 0.6) is 0 Å².